The number of benzene rings is 1. The molecule has 3 rings (SSSR count). The van der Waals surface area contributed by atoms with Crippen LogP contribution >= 0.6 is 0 Å². The van der Waals surface area contributed by atoms with Crippen LogP contribution in [0.3, 0.4) is 0 Å². The van der Waals surface area contributed by atoms with Gasteiger partial charge in [-0.1, -0.05) is 6.07 Å². The van der Waals surface area contributed by atoms with Crippen molar-refractivity contribution in [2.45, 2.75) is 39.3 Å². The molecule has 1 aromatic heterocycles. The number of phenols is 1. The van der Waals surface area contributed by atoms with Crippen molar-refractivity contribution >= 4 is 5.96 Å². The molecule has 2 aromatic rings. The summed E-state index contributed by atoms with van der Waals surface area (Å²) in [7, 11) is 0. The third-order valence-electron chi connectivity index (χ3n) is 5.00. The zero-order valence-electron chi connectivity index (χ0n) is 17.4. The molecule has 1 aromatic carbocycles. The molecule has 0 aliphatic carbocycles. The molecule has 3 N–H and O–H groups in total. The van der Waals surface area contributed by atoms with Crippen LogP contribution in [-0.2, 0) is 6.54 Å². The molecule has 1 unspecified atom stereocenters. The summed E-state index contributed by atoms with van der Waals surface area (Å²) in [6.07, 6.45) is 4.20. The monoisotopic (exact) mass is 400 g/mol. The van der Waals surface area contributed by atoms with Crippen LogP contribution in [0.25, 0.3) is 0 Å². The first-order valence-electron chi connectivity index (χ1n) is 10.5. The SMILES string of the molecule is CCNC(=NCc1ccc(O)c(OCC)c1)NCC(c1ccco1)N1CCCC1. The summed E-state index contributed by atoms with van der Waals surface area (Å²) in [5.41, 5.74) is 0.977. The van der Waals surface area contributed by atoms with Crippen molar-refractivity contribution in [2.24, 2.45) is 4.99 Å². The van der Waals surface area contributed by atoms with E-state index in [1.807, 2.05) is 31.2 Å². The van der Waals surface area contributed by atoms with Gasteiger partial charge in [0.25, 0.3) is 0 Å². The van der Waals surface area contributed by atoms with Crippen LogP contribution in [0.1, 0.15) is 44.1 Å². The minimum atomic E-state index is 0.150. The highest BCUT2D eigenvalue weighted by atomic mass is 16.5. The standard InChI is InChI=1S/C22H32N4O3/c1-3-23-22(24-15-17-9-10-19(27)21(14-17)28-4-2)25-16-18(20-8-7-13-29-20)26-11-5-6-12-26/h7-10,13-14,18,27H,3-6,11-12,15-16H2,1-2H3,(H2,23,24,25). The van der Waals surface area contributed by atoms with E-state index < -0.39 is 0 Å². The molecule has 1 atom stereocenters. The lowest BCUT2D eigenvalue weighted by Gasteiger charge is -2.26. The second kappa shape index (κ2) is 10.8. The van der Waals surface area contributed by atoms with Gasteiger partial charge in [-0.2, -0.15) is 0 Å². The molecule has 158 valence electrons. The maximum Gasteiger partial charge on any atom is 0.191 e. The van der Waals surface area contributed by atoms with Gasteiger partial charge in [0, 0.05) is 13.1 Å². The average Bonchev–Trinajstić information content (AvgIpc) is 3.43. The Morgan fingerprint density at radius 2 is 2.07 bits per heavy atom. The van der Waals surface area contributed by atoms with Gasteiger partial charge in [0.2, 0.25) is 0 Å². The minimum Gasteiger partial charge on any atom is -0.504 e. The smallest absolute Gasteiger partial charge is 0.191 e. The summed E-state index contributed by atoms with van der Waals surface area (Å²) >= 11 is 0. The largest absolute Gasteiger partial charge is 0.504 e. The van der Waals surface area contributed by atoms with Crippen molar-refractivity contribution in [3.63, 3.8) is 0 Å². The lowest BCUT2D eigenvalue weighted by atomic mass is 10.2. The van der Waals surface area contributed by atoms with E-state index in [0.717, 1.165) is 43.5 Å². The van der Waals surface area contributed by atoms with Crippen LogP contribution in [0.5, 0.6) is 11.5 Å². The summed E-state index contributed by atoms with van der Waals surface area (Å²) in [4.78, 5) is 7.16. The Balaban J connectivity index is 1.66. The predicted molar refractivity (Wildman–Crippen MR) is 114 cm³/mol. The minimum absolute atomic E-state index is 0.150. The van der Waals surface area contributed by atoms with E-state index in [2.05, 4.69) is 22.5 Å². The Morgan fingerprint density at radius 3 is 2.76 bits per heavy atom. The Hall–Kier alpha value is -2.67. The first-order valence-corrected chi connectivity index (χ1v) is 10.5. The fourth-order valence-corrected chi connectivity index (χ4v) is 3.58. The number of aromatic hydroxyl groups is 1. The van der Waals surface area contributed by atoms with Crippen molar-refractivity contribution in [1.82, 2.24) is 15.5 Å². The third kappa shape index (κ3) is 5.90. The highest BCUT2D eigenvalue weighted by Gasteiger charge is 2.25. The Bertz CT molecular complexity index is 770. The number of furan rings is 1. The first-order chi connectivity index (χ1) is 14.2. The van der Waals surface area contributed by atoms with Crippen molar-refractivity contribution < 1.29 is 14.3 Å². The number of nitrogens with zero attached hydrogens (tertiary/aromatic N) is 2. The van der Waals surface area contributed by atoms with Crippen LogP contribution < -0.4 is 15.4 Å². The second-order valence-electron chi connectivity index (χ2n) is 7.09. The van der Waals surface area contributed by atoms with Gasteiger partial charge < -0.3 is 24.9 Å². The number of hydrogen-bond donors (Lipinski definition) is 3. The van der Waals surface area contributed by atoms with Crippen LogP contribution in [0.15, 0.2) is 46.0 Å². The van der Waals surface area contributed by atoms with Crippen LogP contribution in [-0.4, -0.2) is 48.8 Å². The maximum atomic E-state index is 9.87. The summed E-state index contributed by atoms with van der Waals surface area (Å²) in [5.74, 6) is 2.38. The van der Waals surface area contributed by atoms with Gasteiger partial charge in [-0.15, -0.1) is 0 Å². The quantitative estimate of drug-likeness (QED) is 0.443. The molecule has 1 aliphatic heterocycles. The van der Waals surface area contributed by atoms with Crippen LogP contribution in [0, 0.1) is 0 Å². The van der Waals surface area contributed by atoms with Crippen molar-refractivity contribution in [3.8, 4) is 11.5 Å². The number of aliphatic imine (C=N–C) groups is 1. The second-order valence-corrected chi connectivity index (χ2v) is 7.09. The highest BCUT2D eigenvalue weighted by Crippen LogP contribution is 2.27. The van der Waals surface area contributed by atoms with Gasteiger partial charge in [0.1, 0.15) is 5.76 Å². The molecule has 0 bridgehead atoms. The van der Waals surface area contributed by atoms with E-state index in [9.17, 15) is 5.11 Å². The highest BCUT2D eigenvalue weighted by molar-refractivity contribution is 5.79. The summed E-state index contributed by atoms with van der Waals surface area (Å²) < 4.78 is 11.2. The molecular formula is C22H32N4O3. The summed E-state index contributed by atoms with van der Waals surface area (Å²) in [6.45, 7) is 8.63. The summed E-state index contributed by atoms with van der Waals surface area (Å²) in [5, 5.41) is 16.6. The van der Waals surface area contributed by atoms with Gasteiger partial charge in [-0.05, 0) is 69.6 Å². The Morgan fingerprint density at radius 1 is 1.24 bits per heavy atom. The van der Waals surface area contributed by atoms with Crippen molar-refractivity contribution in [3.05, 3.63) is 47.9 Å². The van der Waals surface area contributed by atoms with E-state index in [0.29, 0.717) is 18.9 Å². The number of likely N-dealkylation sites (tertiary alicyclic amines) is 1. The Kier molecular flexibility index (Phi) is 7.81. The Labute approximate surface area is 172 Å². The van der Waals surface area contributed by atoms with Gasteiger partial charge in [-0.3, -0.25) is 4.90 Å². The fraction of sp³-hybridized carbons (Fsp3) is 0.500. The van der Waals surface area contributed by atoms with E-state index in [-0.39, 0.29) is 11.8 Å². The molecule has 2 heterocycles. The number of ether oxygens (including phenoxy) is 1. The number of hydrogen-bond acceptors (Lipinski definition) is 5. The van der Waals surface area contributed by atoms with Crippen LogP contribution in [0.2, 0.25) is 0 Å². The molecule has 7 nitrogen and oxygen atoms in total. The first kappa shape index (κ1) is 21.0. The number of nitrogens with one attached hydrogen (secondary N) is 2. The number of phenolic OH excluding ortho intramolecular Hbond substituents is 1. The number of rotatable bonds is 9. The molecule has 29 heavy (non-hydrogen) atoms. The van der Waals surface area contributed by atoms with Gasteiger partial charge >= 0.3 is 0 Å². The predicted octanol–water partition coefficient (Wildman–Crippen LogP) is 3.28. The molecule has 1 fully saturated rings. The van der Waals surface area contributed by atoms with Gasteiger partial charge in [0.05, 0.1) is 25.5 Å². The third-order valence-corrected chi connectivity index (χ3v) is 5.00. The van der Waals surface area contributed by atoms with E-state index in [1.165, 1.54) is 12.8 Å². The van der Waals surface area contributed by atoms with Gasteiger partial charge in [-0.25, -0.2) is 4.99 Å². The zero-order valence-corrected chi connectivity index (χ0v) is 17.4. The van der Waals surface area contributed by atoms with Gasteiger partial charge in [0.15, 0.2) is 17.5 Å². The zero-order chi connectivity index (χ0) is 20.5. The molecule has 1 aliphatic rings. The average molecular weight is 401 g/mol. The van der Waals surface area contributed by atoms with E-state index in [4.69, 9.17) is 14.1 Å². The van der Waals surface area contributed by atoms with E-state index in [1.54, 1.807) is 12.3 Å². The molecular weight excluding hydrogens is 368 g/mol. The summed E-state index contributed by atoms with van der Waals surface area (Å²) in [6, 6.07) is 9.52. The van der Waals surface area contributed by atoms with Crippen LogP contribution in [0.4, 0.5) is 0 Å². The molecule has 0 radical (unpaired) electrons. The number of guanidine groups is 1. The molecule has 0 saturated carbocycles. The molecule has 7 heteroatoms. The maximum absolute atomic E-state index is 9.87. The molecule has 0 amide bonds. The van der Waals surface area contributed by atoms with Crippen molar-refractivity contribution in [2.75, 3.05) is 32.8 Å². The molecule has 0 spiro atoms. The van der Waals surface area contributed by atoms with Crippen molar-refractivity contribution in [1.29, 1.82) is 0 Å². The van der Waals surface area contributed by atoms with E-state index >= 15 is 0 Å². The lowest BCUT2D eigenvalue weighted by molar-refractivity contribution is 0.215. The normalized spacial score (nSPS) is 16.0. The topological polar surface area (TPSA) is 82.3 Å². The molecule has 1 saturated heterocycles. The fourth-order valence-electron chi connectivity index (χ4n) is 3.58. The lowest BCUT2D eigenvalue weighted by Crippen LogP contribution is -2.42.